The van der Waals surface area contributed by atoms with Gasteiger partial charge < -0.3 is 9.84 Å². The molecule has 0 aliphatic carbocycles. The van der Waals surface area contributed by atoms with Crippen LogP contribution in [0.25, 0.3) is 5.76 Å². The van der Waals surface area contributed by atoms with Gasteiger partial charge in [0.15, 0.2) is 0 Å². The van der Waals surface area contributed by atoms with Gasteiger partial charge >= 0.3 is 0 Å². The van der Waals surface area contributed by atoms with Crippen LogP contribution in [-0.4, -0.2) is 22.9 Å². The molecule has 1 saturated heterocycles. The number of hydrogen-bond acceptors (Lipinski definition) is 4. The molecule has 2 aliphatic rings. The highest BCUT2D eigenvalue weighted by Gasteiger charge is 2.47. The lowest BCUT2D eigenvalue weighted by Crippen LogP contribution is -2.29. The quantitative estimate of drug-likeness (QED) is 0.370. The summed E-state index contributed by atoms with van der Waals surface area (Å²) >= 11 is 0. The van der Waals surface area contributed by atoms with Crippen molar-refractivity contribution < 1.29 is 23.8 Å². The molecule has 3 aromatic carbocycles. The van der Waals surface area contributed by atoms with Crippen molar-refractivity contribution in [2.24, 2.45) is 0 Å². The van der Waals surface area contributed by atoms with Gasteiger partial charge in [-0.1, -0.05) is 30.3 Å². The minimum absolute atomic E-state index is 0.00237. The number of aliphatic hydroxyl groups is 1. The summed E-state index contributed by atoms with van der Waals surface area (Å²) in [7, 11) is 0. The summed E-state index contributed by atoms with van der Waals surface area (Å²) in [5.41, 5.74) is 2.41. The number of nitrogens with zero attached hydrogens (tertiary/aromatic N) is 1. The van der Waals surface area contributed by atoms with Gasteiger partial charge in [0.25, 0.3) is 11.7 Å². The molecule has 160 valence electrons. The van der Waals surface area contributed by atoms with E-state index in [9.17, 15) is 19.1 Å². The second-order valence-electron chi connectivity index (χ2n) is 8.01. The molecule has 3 aromatic rings. The number of rotatable bonds is 3. The van der Waals surface area contributed by atoms with Gasteiger partial charge in [-0.25, -0.2) is 4.39 Å². The van der Waals surface area contributed by atoms with E-state index in [0.29, 0.717) is 23.2 Å². The van der Waals surface area contributed by atoms with Crippen LogP contribution in [0.1, 0.15) is 29.7 Å². The van der Waals surface area contributed by atoms with E-state index in [4.69, 9.17) is 4.74 Å². The Morgan fingerprint density at radius 3 is 2.47 bits per heavy atom. The summed E-state index contributed by atoms with van der Waals surface area (Å²) in [6.07, 6.45) is 0.735. The molecule has 2 heterocycles. The van der Waals surface area contributed by atoms with E-state index in [0.717, 1.165) is 11.3 Å². The standard InChI is InChI=1S/C26H20FNO4/c1-15-13-18-14-17(7-12-21(18)32-15)24(29)22-23(16-5-3-2-4-6-16)28(26(31)25(22)30)20-10-8-19(27)9-11-20/h2-12,14-15,23,29H,13H2,1H3/b24-22-. The van der Waals surface area contributed by atoms with Crippen molar-refractivity contribution in [1.82, 2.24) is 0 Å². The Bertz CT molecular complexity index is 1250. The van der Waals surface area contributed by atoms with Crippen molar-refractivity contribution >= 4 is 23.1 Å². The molecular weight excluding hydrogens is 409 g/mol. The van der Waals surface area contributed by atoms with Crippen molar-refractivity contribution in [2.45, 2.75) is 25.5 Å². The molecule has 1 fully saturated rings. The Morgan fingerprint density at radius 2 is 1.75 bits per heavy atom. The lowest BCUT2D eigenvalue weighted by atomic mass is 9.94. The molecule has 5 nitrogen and oxygen atoms in total. The van der Waals surface area contributed by atoms with Crippen molar-refractivity contribution in [3.05, 3.63) is 101 Å². The molecule has 1 N–H and O–H groups in total. The molecule has 0 saturated carbocycles. The number of ketones is 1. The first kappa shape index (κ1) is 20.0. The van der Waals surface area contributed by atoms with Gasteiger partial charge in [-0.2, -0.15) is 0 Å². The number of ether oxygens (including phenoxy) is 1. The van der Waals surface area contributed by atoms with Gasteiger partial charge in [0.1, 0.15) is 23.4 Å². The van der Waals surface area contributed by atoms with E-state index >= 15 is 0 Å². The van der Waals surface area contributed by atoms with Gasteiger partial charge in [-0.15, -0.1) is 0 Å². The molecule has 6 heteroatoms. The fourth-order valence-corrected chi connectivity index (χ4v) is 4.38. The summed E-state index contributed by atoms with van der Waals surface area (Å²) in [6, 6.07) is 18.8. The number of benzene rings is 3. The van der Waals surface area contributed by atoms with E-state index < -0.39 is 23.5 Å². The molecule has 32 heavy (non-hydrogen) atoms. The number of anilines is 1. The molecule has 2 atom stereocenters. The number of carbonyl (C=O) groups excluding carboxylic acids is 2. The molecule has 0 radical (unpaired) electrons. The summed E-state index contributed by atoms with van der Waals surface area (Å²) in [5, 5.41) is 11.2. The first-order valence-electron chi connectivity index (χ1n) is 10.4. The number of halogens is 1. The molecule has 2 aliphatic heterocycles. The number of amides is 1. The second kappa shape index (κ2) is 7.64. The average Bonchev–Trinajstić information content (AvgIpc) is 3.30. The Morgan fingerprint density at radius 1 is 1.03 bits per heavy atom. The van der Waals surface area contributed by atoms with Gasteiger partial charge in [-0.05, 0) is 60.5 Å². The van der Waals surface area contributed by atoms with Gasteiger partial charge in [0.2, 0.25) is 0 Å². The molecule has 1 amide bonds. The molecular formula is C26H20FNO4. The van der Waals surface area contributed by atoms with E-state index in [1.54, 1.807) is 42.5 Å². The minimum atomic E-state index is -0.843. The molecule has 5 rings (SSSR count). The van der Waals surface area contributed by atoms with Crippen LogP contribution in [-0.2, 0) is 16.0 Å². The van der Waals surface area contributed by atoms with Gasteiger partial charge in [0.05, 0.1) is 11.6 Å². The fraction of sp³-hybridized carbons (Fsp3) is 0.154. The summed E-state index contributed by atoms with van der Waals surface area (Å²) in [5.74, 6) is -1.50. The first-order chi connectivity index (χ1) is 15.4. The van der Waals surface area contributed by atoms with Crippen LogP contribution in [0.5, 0.6) is 5.75 Å². The van der Waals surface area contributed by atoms with Crippen LogP contribution in [0.15, 0.2) is 78.4 Å². The average molecular weight is 429 g/mol. The highest BCUT2D eigenvalue weighted by Crippen LogP contribution is 2.42. The number of aliphatic hydroxyl groups excluding tert-OH is 1. The predicted octanol–water partition coefficient (Wildman–Crippen LogP) is 4.78. The van der Waals surface area contributed by atoms with Crippen molar-refractivity contribution in [3.63, 3.8) is 0 Å². The predicted molar refractivity (Wildman–Crippen MR) is 118 cm³/mol. The zero-order chi connectivity index (χ0) is 22.4. The summed E-state index contributed by atoms with van der Waals surface area (Å²) < 4.78 is 19.2. The zero-order valence-electron chi connectivity index (χ0n) is 17.3. The van der Waals surface area contributed by atoms with E-state index in [2.05, 4.69) is 0 Å². The van der Waals surface area contributed by atoms with Crippen LogP contribution in [0.4, 0.5) is 10.1 Å². The zero-order valence-corrected chi connectivity index (χ0v) is 17.3. The highest BCUT2D eigenvalue weighted by molar-refractivity contribution is 6.51. The van der Waals surface area contributed by atoms with E-state index in [1.165, 1.54) is 29.2 Å². The lowest BCUT2D eigenvalue weighted by Gasteiger charge is -2.25. The Labute approximate surface area is 184 Å². The Balaban J connectivity index is 1.68. The summed E-state index contributed by atoms with van der Waals surface area (Å²) in [4.78, 5) is 27.5. The van der Waals surface area contributed by atoms with Crippen LogP contribution >= 0.6 is 0 Å². The van der Waals surface area contributed by atoms with Crippen molar-refractivity contribution in [2.75, 3.05) is 4.90 Å². The van der Waals surface area contributed by atoms with E-state index in [-0.39, 0.29) is 17.4 Å². The minimum Gasteiger partial charge on any atom is -0.507 e. The SMILES string of the molecule is CC1Cc2cc(/C(O)=C3/C(=O)C(=O)N(c4ccc(F)cc4)C3c3ccccc3)ccc2O1. The number of fused-ring (bicyclic) bond motifs is 1. The Kier molecular flexibility index (Phi) is 4.78. The third kappa shape index (κ3) is 3.24. The van der Waals surface area contributed by atoms with Crippen molar-refractivity contribution in [1.29, 1.82) is 0 Å². The normalized spacial score (nSPS) is 21.5. The van der Waals surface area contributed by atoms with Gasteiger partial charge in [0, 0.05) is 17.7 Å². The van der Waals surface area contributed by atoms with Crippen LogP contribution in [0.3, 0.4) is 0 Å². The van der Waals surface area contributed by atoms with Crippen LogP contribution in [0.2, 0.25) is 0 Å². The van der Waals surface area contributed by atoms with E-state index in [1.807, 2.05) is 13.0 Å². The van der Waals surface area contributed by atoms with Crippen LogP contribution < -0.4 is 9.64 Å². The third-order valence-corrected chi connectivity index (χ3v) is 5.83. The number of carbonyl (C=O) groups is 2. The fourth-order valence-electron chi connectivity index (χ4n) is 4.38. The van der Waals surface area contributed by atoms with Crippen LogP contribution in [0, 0.1) is 5.82 Å². The molecule has 0 spiro atoms. The molecule has 0 bridgehead atoms. The highest BCUT2D eigenvalue weighted by atomic mass is 19.1. The maximum Gasteiger partial charge on any atom is 0.300 e. The number of hydrogen-bond donors (Lipinski definition) is 1. The molecule has 0 aromatic heterocycles. The third-order valence-electron chi connectivity index (χ3n) is 5.83. The number of Topliss-reactive ketones (excluding diaryl/α,β-unsaturated/α-hetero) is 1. The van der Waals surface area contributed by atoms with Crippen molar-refractivity contribution in [3.8, 4) is 5.75 Å². The summed E-state index contributed by atoms with van der Waals surface area (Å²) in [6.45, 7) is 1.96. The maximum atomic E-state index is 13.5. The Hall–Kier alpha value is -3.93. The largest absolute Gasteiger partial charge is 0.507 e. The topological polar surface area (TPSA) is 66.8 Å². The second-order valence-corrected chi connectivity index (χ2v) is 8.01. The molecule has 2 unspecified atom stereocenters. The first-order valence-corrected chi connectivity index (χ1v) is 10.4. The van der Waals surface area contributed by atoms with Gasteiger partial charge in [-0.3, -0.25) is 14.5 Å². The lowest BCUT2D eigenvalue weighted by molar-refractivity contribution is -0.132. The maximum absolute atomic E-state index is 13.5. The monoisotopic (exact) mass is 429 g/mol. The smallest absolute Gasteiger partial charge is 0.300 e.